The number of halogens is 1. The number of nitrogens with zero attached hydrogens (tertiary/aromatic N) is 1. The second kappa shape index (κ2) is 11.8. The molecule has 0 bridgehead atoms. The maximum absolute atomic E-state index is 13.4. The van der Waals surface area contributed by atoms with Crippen LogP contribution in [0.25, 0.3) is 0 Å². The molecule has 6 nitrogen and oxygen atoms in total. The number of hydrogen-bond donors (Lipinski definition) is 3. The van der Waals surface area contributed by atoms with Gasteiger partial charge in [0, 0.05) is 13.1 Å². The normalized spacial score (nSPS) is 11.2. The predicted molar refractivity (Wildman–Crippen MR) is 113 cm³/mol. The summed E-state index contributed by atoms with van der Waals surface area (Å²) >= 11 is 0. The molecule has 0 aromatic heterocycles. The third-order valence-electron chi connectivity index (χ3n) is 4.24. The van der Waals surface area contributed by atoms with E-state index in [2.05, 4.69) is 15.6 Å². The van der Waals surface area contributed by atoms with E-state index in [9.17, 15) is 9.50 Å². The van der Waals surface area contributed by atoms with E-state index in [0.29, 0.717) is 24.7 Å². The van der Waals surface area contributed by atoms with Gasteiger partial charge in [0.15, 0.2) is 29.0 Å². The first kappa shape index (κ1) is 22.3. The minimum Gasteiger partial charge on any atom is -0.505 e. The molecule has 0 radical (unpaired) electrons. The molecule has 0 aliphatic rings. The van der Waals surface area contributed by atoms with Crippen LogP contribution in [0.4, 0.5) is 4.39 Å². The molecule has 0 fully saturated rings. The third kappa shape index (κ3) is 7.18. The number of aromatic hydroxyl groups is 1. The van der Waals surface area contributed by atoms with Crippen molar-refractivity contribution >= 4 is 5.96 Å². The Labute approximate surface area is 171 Å². The van der Waals surface area contributed by atoms with Crippen LogP contribution in [0.15, 0.2) is 41.4 Å². The molecule has 0 atom stereocenters. The van der Waals surface area contributed by atoms with Crippen molar-refractivity contribution in [2.75, 3.05) is 26.8 Å². The second-order valence-corrected chi connectivity index (χ2v) is 6.43. The largest absolute Gasteiger partial charge is 0.505 e. The molecule has 3 N–H and O–H groups in total. The minimum absolute atomic E-state index is 0.322. The molecule has 2 aromatic carbocycles. The van der Waals surface area contributed by atoms with Crippen LogP contribution in [0.3, 0.4) is 0 Å². The molecular formula is C22H30FN3O3. The van der Waals surface area contributed by atoms with Crippen molar-refractivity contribution in [1.82, 2.24) is 10.6 Å². The molecule has 7 heteroatoms. The zero-order valence-corrected chi connectivity index (χ0v) is 17.3. The quantitative estimate of drug-likeness (QED) is 0.321. The van der Waals surface area contributed by atoms with E-state index >= 15 is 0 Å². The number of aliphatic imine (C=N–C) groups is 1. The van der Waals surface area contributed by atoms with Crippen molar-refractivity contribution in [1.29, 1.82) is 0 Å². The molecule has 0 saturated carbocycles. The van der Waals surface area contributed by atoms with Crippen LogP contribution in [0.2, 0.25) is 0 Å². The maximum atomic E-state index is 13.4. The highest BCUT2D eigenvalue weighted by atomic mass is 19.1. The Morgan fingerprint density at radius 2 is 1.86 bits per heavy atom. The van der Waals surface area contributed by atoms with Crippen LogP contribution in [0.5, 0.6) is 17.2 Å². The van der Waals surface area contributed by atoms with Crippen LogP contribution in [-0.2, 0) is 13.0 Å². The maximum Gasteiger partial charge on any atom is 0.191 e. The van der Waals surface area contributed by atoms with E-state index in [-0.39, 0.29) is 5.75 Å². The van der Waals surface area contributed by atoms with E-state index in [0.717, 1.165) is 37.4 Å². The van der Waals surface area contributed by atoms with E-state index < -0.39 is 5.82 Å². The average Bonchev–Trinajstić information content (AvgIpc) is 2.72. The van der Waals surface area contributed by atoms with E-state index in [1.807, 2.05) is 32.0 Å². The van der Waals surface area contributed by atoms with Crippen LogP contribution in [0.1, 0.15) is 31.4 Å². The molecule has 29 heavy (non-hydrogen) atoms. The number of ether oxygens (including phenoxy) is 2. The van der Waals surface area contributed by atoms with Crippen molar-refractivity contribution in [3.8, 4) is 17.2 Å². The zero-order chi connectivity index (χ0) is 21.1. The highest BCUT2D eigenvalue weighted by molar-refractivity contribution is 5.79. The Bertz CT molecular complexity index is 812. The fourth-order valence-electron chi connectivity index (χ4n) is 2.81. The number of nitrogens with one attached hydrogen (secondary N) is 2. The Balaban J connectivity index is 1.87. The fourth-order valence-corrected chi connectivity index (χ4v) is 2.81. The molecule has 0 unspecified atom stereocenters. The van der Waals surface area contributed by atoms with E-state index in [1.165, 1.54) is 17.7 Å². The number of methoxy groups -OCH3 is 1. The molecule has 0 saturated heterocycles. The Morgan fingerprint density at radius 3 is 2.55 bits per heavy atom. The molecule has 2 rings (SSSR count). The highest BCUT2D eigenvalue weighted by Gasteiger charge is 2.06. The zero-order valence-electron chi connectivity index (χ0n) is 17.3. The number of hydrogen-bond acceptors (Lipinski definition) is 4. The molecule has 0 amide bonds. The monoisotopic (exact) mass is 403 g/mol. The summed E-state index contributed by atoms with van der Waals surface area (Å²) in [6, 6.07) is 10.3. The summed E-state index contributed by atoms with van der Waals surface area (Å²) in [6.45, 7) is 6.32. The molecule has 2 aromatic rings. The fraction of sp³-hybridized carbons (Fsp3) is 0.409. The SMILES string of the molecule is CCNC(=NCc1ccc(O)c(F)c1)NCCCc1ccc(OC)c(OCC)c1. The van der Waals surface area contributed by atoms with E-state index in [1.54, 1.807) is 13.2 Å². The Morgan fingerprint density at radius 1 is 1.07 bits per heavy atom. The number of phenolic OH excluding ortho intramolecular Hbond substituents is 1. The summed E-state index contributed by atoms with van der Waals surface area (Å²) in [4.78, 5) is 4.47. The number of aryl methyl sites for hydroxylation is 1. The second-order valence-electron chi connectivity index (χ2n) is 6.43. The highest BCUT2D eigenvalue weighted by Crippen LogP contribution is 2.28. The predicted octanol–water partition coefficient (Wildman–Crippen LogP) is 3.63. The van der Waals surface area contributed by atoms with Gasteiger partial charge in [0.1, 0.15) is 0 Å². The summed E-state index contributed by atoms with van der Waals surface area (Å²) in [7, 11) is 1.63. The van der Waals surface area contributed by atoms with E-state index in [4.69, 9.17) is 9.47 Å². The lowest BCUT2D eigenvalue weighted by Crippen LogP contribution is -2.37. The number of rotatable bonds is 10. The first-order valence-electron chi connectivity index (χ1n) is 9.86. The van der Waals surface area contributed by atoms with Gasteiger partial charge >= 0.3 is 0 Å². The summed E-state index contributed by atoms with van der Waals surface area (Å²) in [5.41, 5.74) is 1.87. The van der Waals surface area contributed by atoms with Crippen LogP contribution >= 0.6 is 0 Å². The number of benzene rings is 2. The van der Waals surface area contributed by atoms with Crippen LogP contribution < -0.4 is 20.1 Å². The van der Waals surface area contributed by atoms with Gasteiger partial charge in [-0.3, -0.25) is 0 Å². The van der Waals surface area contributed by atoms with Gasteiger partial charge < -0.3 is 25.2 Å². The van der Waals surface area contributed by atoms with Gasteiger partial charge in [0.2, 0.25) is 0 Å². The van der Waals surface area contributed by atoms with Crippen molar-refractivity contribution < 1.29 is 19.0 Å². The number of phenols is 1. The third-order valence-corrected chi connectivity index (χ3v) is 4.24. The van der Waals surface area contributed by atoms with Gasteiger partial charge in [0.25, 0.3) is 0 Å². The lowest BCUT2D eigenvalue weighted by Gasteiger charge is -2.13. The average molecular weight is 403 g/mol. The smallest absolute Gasteiger partial charge is 0.191 e. The van der Waals surface area contributed by atoms with Crippen molar-refractivity contribution in [3.05, 3.63) is 53.3 Å². The molecule has 0 aliphatic heterocycles. The summed E-state index contributed by atoms with van der Waals surface area (Å²) in [5.74, 6) is 1.18. The molecular weight excluding hydrogens is 373 g/mol. The Kier molecular flexibility index (Phi) is 9.08. The summed E-state index contributed by atoms with van der Waals surface area (Å²) in [6.07, 6.45) is 1.80. The van der Waals surface area contributed by atoms with Gasteiger partial charge in [-0.25, -0.2) is 9.38 Å². The van der Waals surface area contributed by atoms with Crippen LogP contribution in [0, 0.1) is 5.82 Å². The van der Waals surface area contributed by atoms with Gasteiger partial charge in [-0.15, -0.1) is 0 Å². The minimum atomic E-state index is -0.637. The van der Waals surface area contributed by atoms with Crippen molar-refractivity contribution in [2.45, 2.75) is 33.2 Å². The Hall–Kier alpha value is -2.96. The first-order chi connectivity index (χ1) is 14.1. The number of guanidine groups is 1. The van der Waals surface area contributed by atoms with Crippen molar-refractivity contribution in [3.63, 3.8) is 0 Å². The van der Waals surface area contributed by atoms with Gasteiger partial charge in [-0.1, -0.05) is 12.1 Å². The first-order valence-corrected chi connectivity index (χ1v) is 9.86. The molecule has 0 spiro atoms. The lowest BCUT2D eigenvalue weighted by atomic mass is 10.1. The topological polar surface area (TPSA) is 75.1 Å². The van der Waals surface area contributed by atoms with Gasteiger partial charge in [-0.05, 0) is 62.1 Å². The molecule has 0 heterocycles. The standard InChI is InChI=1S/C22H30FN3O3/c1-4-24-22(26-15-17-8-10-19(27)18(23)13-17)25-12-6-7-16-9-11-20(28-3)21(14-16)29-5-2/h8-11,13-14,27H,4-7,12,15H2,1-3H3,(H2,24,25,26). The summed E-state index contributed by atoms with van der Waals surface area (Å²) < 4.78 is 24.4. The summed E-state index contributed by atoms with van der Waals surface area (Å²) in [5, 5.41) is 15.7. The lowest BCUT2D eigenvalue weighted by molar-refractivity contribution is 0.310. The van der Waals surface area contributed by atoms with Crippen molar-refractivity contribution in [2.24, 2.45) is 4.99 Å². The van der Waals surface area contributed by atoms with Gasteiger partial charge in [-0.2, -0.15) is 0 Å². The van der Waals surface area contributed by atoms with Gasteiger partial charge in [0.05, 0.1) is 20.3 Å². The van der Waals surface area contributed by atoms with Crippen LogP contribution in [-0.4, -0.2) is 37.9 Å². The molecule has 158 valence electrons. The molecule has 0 aliphatic carbocycles.